The summed E-state index contributed by atoms with van der Waals surface area (Å²) >= 11 is 21.0. The lowest BCUT2D eigenvalue weighted by Gasteiger charge is -2.60. The fourth-order valence-electron chi connectivity index (χ4n) is 4.80. The molecule has 0 aliphatic carbocycles. The molecule has 0 aromatic rings. The highest BCUT2D eigenvalue weighted by atomic mass is 35.6. The topological polar surface area (TPSA) is 0 Å². The van der Waals surface area contributed by atoms with Crippen LogP contribution in [0.5, 0.6) is 0 Å². The predicted octanol–water partition coefficient (Wildman–Crippen LogP) is 6.01. The van der Waals surface area contributed by atoms with Gasteiger partial charge in [-0.25, -0.2) is 0 Å². The van der Waals surface area contributed by atoms with Crippen LogP contribution in [-0.2, 0) is 0 Å². The van der Waals surface area contributed by atoms with Crippen LogP contribution in [0.2, 0.25) is 62.8 Å². The SMILES string of the molecule is C[Si](C)(C)C([Si](C)(C)Cl)([Si](C)(C)Cl)[Si](C)(C)Cl. The molecule has 0 saturated carbocycles. The van der Waals surface area contributed by atoms with Crippen molar-refractivity contribution in [3.8, 4) is 0 Å². The van der Waals surface area contributed by atoms with Crippen LogP contribution >= 0.6 is 33.2 Å². The maximum absolute atomic E-state index is 6.98. The third-order valence-electron chi connectivity index (χ3n) is 3.80. The first-order chi connectivity index (χ1) is 7.00. The minimum absolute atomic E-state index is 0.102. The summed E-state index contributed by atoms with van der Waals surface area (Å²) in [6.07, 6.45) is 0. The van der Waals surface area contributed by atoms with E-state index in [-0.39, 0.29) is 3.91 Å². The molecule has 0 nitrogen and oxygen atoms in total. The van der Waals surface area contributed by atoms with E-state index in [2.05, 4.69) is 58.9 Å². The van der Waals surface area contributed by atoms with Gasteiger partial charge in [-0.2, -0.15) is 33.2 Å². The molecule has 0 spiro atoms. The molecular formula is C10H27Cl3Si4. The highest BCUT2D eigenvalue weighted by Crippen LogP contribution is 2.62. The number of rotatable bonds is 4. The van der Waals surface area contributed by atoms with Crippen LogP contribution in [0.3, 0.4) is 0 Å². The lowest BCUT2D eigenvalue weighted by molar-refractivity contribution is 1.25. The molecule has 0 radical (unpaired) electrons. The van der Waals surface area contributed by atoms with Crippen LogP contribution in [-0.4, -0.2) is 30.2 Å². The first-order valence-electron chi connectivity index (χ1n) is 6.07. The summed E-state index contributed by atoms with van der Waals surface area (Å²) in [4.78, 5) is 0. The molecule has 7 heteroatoms. The molecule has 0 fully saturated rings. The van der Waals surface area contributed by atoms with Gasteiger partial charge < -0.3 is 0 Å². The van der Waals surface area contributed by atoms with Crippen molar-refractivity contribution in [2.75, 3.05) is 0 Å². The van der Waals surface area contributed by atoms with Crippen LogP contribution in [0, 0.1) is 0 Å². The zero-order valence-corrected chi connectivity index (χ0v) is 18.9. The predicted molar refractivity (Wildman–Crippen MR) is 96.0 cm³/mol. The van der Waals surface area contributed by atoms with E-state index in [0.29, 0.717) is 0 Å². The van der Waals surface area contributed by atoms with E-state index >= 15 is 0 Å². The van der Waals surface area contributed by atoms with Gasteiger partial charge in [0, 0.05) is 8.07 Å². The van der Waals surface area contributed by atoms with E-state index in [4.69, 9.17) is 33.2 Å². The van der Waals surface area contributed by atoms with E-state index in [1.807, 2.05) is 0 Å². The second-order valence-corrected chi connectivity index (χ2v) is 35.3. The van der Waals surface area contributed by atoms with Gasteiger partial charge in [0.15, 0.2) is 22.2 Å². The maximum Gasteiger partial charge on any atom is 0.151 e. The van der Waals surface area contributed by atoms with Crippen molar-refractivity contribution in [1.29, 1.82) is 0 Å². The second kappa shape index (κ2) is 4.93. The Kier molecular flexibility index (Phi) is 5.44. The lowest BCUT2D eigenvalue weighted by Crippen LogP contribution is -2.72. The van der Waals surface area contributed by atoms with Gasteiger partial charge in [-0.05, 0) is 3.91 Å². The van der Waals surface area contributed by atoms with E-state index in [1.165, 1.54) is 0 Å². The van der Waals surface area contributed by atoms with Crippen LogP contribution in [0.1, 0.15) is 0 Å². The Balaban J connectivity index is 6.37. The number of hydrogen-bond acceptors (Lipinski definition) is 0. The first-order valence-corrected chi connectivity index (χ1v) is 21.6. The molecule has 17 heavy (non-hydrogen) atoms. The standard InChI is InChI=1S/C10H27Cl3Si4/c1-14(2,3)10(15(4,5)11,16(6,7)12)17(8,9)13/h1-9H3. The normalized spacial score (nSPS) is 16.2. The second-order valence-electron chi connectivity index (χ2n) is 7.42. The fraction of sp³-hybridized carbons (Fsp3) is 1.00. The summed E-state index contributed by atoms with van der Waals surface area (Å²) in [5.74, 6) is 0. The van der Waals surface area contributed by atoms with Gasteiger partial charge >= 0.3 is 0 Å². The fourth-order valence-corrected chi connectivity index (χ4v) is 64.9. The Morgan fingerprint density at radius 2 is 0.706 bits per heavy atom. The molecule has 0 saturated heterocycles. The Morgan fingerprint density at radius 1 is 0.529 bits per heavy atom. The third-order valence-corrected chi connectivity index (χ3v) is 41.9. The van der Waals surface area contributed by atoms with Gasteiger partial charge in [0.2, 0.25) is 0 Å². The zero-order chi connectivity index (χ0) is 14.5. The van der Waals surface area contributed by atoms with Crippen molar-refractivity contribution in [2.24, 2.45) is 0 Å². The van der Waals surface area contributed by atoms with Crippen LogP contribution in [0.15, 0.2) is 0 Å². The van der Waals surface area contributed by atoms with E-state index in [0.717, 1.165) is 0 Å². The van der Waals surface area contributed by atoms with Gasteiger partial charge in [0.05, 0.1) is 0 Å². The summed E-state index contributed by atoms with van der Waals surface area (Å²) in [5, 5.41) is 0. The Labute approximate surface area is 126 Å². The van der Waals surface area contributed by atoms with Gasteiger partial charge in [-0.3, -0.25) is 0 Å². The first kappa shape index (κ1) is 18.7. The van der Waals surface area contributed by atoms with Crippen molar-refractivity contribution in [3.05, 3.63) is 0 Å². The highest BCUT2D eigenvalue weighted by molar-refractivity contribution is 7.53. The molecule has 0 heterocycles. The summed E-state index contributed by atoms with van der Waals surface area (Å²) in [6.45, 7) is 20.7. The molecule has 0 amide bonds. The minimum Gasteiger partial charge on any atom is -0.168 e. The van der Waals surface area contributed by atoms with E-state index in [9.17, 15) is 0 Å². The average Bonchev–Trinajstić information content (AvgIpc) is 1.67. The smallest absolute Gasteiger partial charge is 0.151 e. The lowest BCUT2D eigenvalue weighted by atomic mass is 11.6. The molecule has 0 aliphatic heterocycles. The minimum atomic E-state index is -1.95. The summed E-state index contributed by atoms with van der Waals surface area (Å²) < 4.78 is 0.102. The average molecular weight is 366 g/mol. The largest absolute Gasteiger partial charge is 0.168 e. The molecule has 0 rings (SSSR count). The molecule has 0 aromatic heterocycles. The van der Waals surface area contributed by atoms with Gasteiger partial charge in [-0.1, -0.05) is 58.9 Å². The Morgan fingerprint density at radius 3 is 0.706 bits per heavy atom. The van der Waals surface area contributed by atoms with Crippen molar-refractivity contribution >= 4 is 63.5 Å². The van der Waals surface area contributed by atoms with Gasteiger partial charge in [-0.15, -0.1) is 0 Å². The summed E-state index contributed by atoms with van der Waals surface area (Å²) in [5.41, 5.74) is 0. The molecule has 0 aliphatic rings. The molecular weight excluding hydrogens is 339 g/mol. The monoisotopic (exact) mass is 364 g/mol. The third kappa shape index (κ3) is 3.08. The summed E-state index contributed by atoms with van der Waals surface area (Å²) in [7, 11) is -7.40. The molecule has 0 bridgehead atoms. The maximum atomic E-state index is 6.98. The molecule has 104 valence electrons. The van der Waals surface area contributed by atoms with Crippen LogP contribution in [0.4, 0.5) is 0 Å². The highest BCUT2D eigenvalue weighted by Gasteiger charge is 2.70. The van der Waals surface area contributed by atoms with E-state index in [1.54, 1.807) is 0 Å². The molecule has 0 N–H and O–H groups in total. The Bertz CT molecular complexity index is 216. The van der Waals surface area contributed by atoms with Crippen molar-refractivity contribution in [1.82, 2.24) is 0 Å². The molecule has 0 unspecified atom stereocenters. The number of hydrogen-bond donors (Lipinski definition) is 0. The number of halogens is 3. The van der Waals surface area contributed by atoms with Gasteiger partial charge in [0.25, 0.3) is 0 Å². The quantitative estimate of drug-likeness (QED) is 0.422. The van der Waals surface area contributed by atoms with Crippen LogP contribution in [0.25, 0.3) is 0 Å². The zero-order valence-electron chi connectivity index (χ0n) is 12.6. The van der Waals surface area contributed by atoms with Crippen molar-refractivity contribution in [2.45, 2.75) is 62.8 Å². The molecule has 0 aromatic carbocycles. The van der Waals surface area contributed by atoms with Crippen molar-refractivity contribution in [3.63, 3.8) is 0 Å². The Hall–Kier alpha value is 1.74. The molecule has 0 atom stereocenters. The summed E-state index contributed by atoms with van der Waals surface area (Å²) in [6, 6.07) is 0. The van der Waals surface area contributed by atoms with Crippen molar-refractivity contribution < 1.29 is 0 Å². The van der Waals surface area contributed by atoms with Crippen LogP contribution < -0.4 is 0 Å². The van der Waals surface area contributed by atoms with Gasteiger partial charge in [0.1, 0.15) is 0 Å². The van der Waals surface area contributed by atoms with E-state index < -0.39 is 30.2 Å².